The average Bonchev–Trinajstić information content (AvgIpc) is 3.61. The van der Waals surface area contributed by atoms with Crippen LogP contribution in [0.15, 0.2) is 77.8 Å². The van der Waals surface area contributed by atoms with E-state index in [4.69, 9.17) is 29.0 Å². The van der Waals surface area contributed by atoms with E-state index < -0.39 is 102 Å². The molecule has 21 nitrogen and oxygen atoms in total. The van der Waals surface area contributed by atoms with Crippen LogP contribution >= 0.6 is 15.6 Å². The Labute approximate surface area is 423 Å². The van der Waals surface area contributed by atoms with E-state index in [2.05, 4.69) is 23.1 Å². The molecule has 0 amide bonds. The smallest absolute Gasteiger partial charge is 0.462 e. The average molecular weight is 1060 g/mol. The van der Waals surface area contributed by atoms with Gasteiger partial charge in [0.1, 0.15) is 30.7 Å². The Hall–Kier alpha value is -3.66. The van der Waals surface area contributed by atoms with Crippen molar-refractivity contribution < 1.29 is 81.6 Å². The molecule has 9 N–H and O–H groups in total. The normalized spacial score (nSPS) is 21.4. The molecule has 0 spiro atoms. The number of esters is 2. The maximum Gasteiger partial charge on any atom is 0.481 e. The Bertz CT molecular complexity index is 2010. The van der Waals surface area contributed by atoms with Crippen LogP contribution in [0.3, 0.4) is 0 Å². The van der Waals surface area contributed by atoms with Gasteiger partial charge in [-0.2, -0.15) is 9.29 Å². The fourth-order valence-corrected chi connectivity index (χ4v) is 9.21. The van der Waals surface area contributed by atoms with E-state index >= 15 is 0 Å². The van der Waals surface area contributed by atoms with Crippen molar-refractivity contribution >= 4 is 33.4 Å². The number of aromatic nitrogens is 2. The molecule has 0 radical (unpaired) electrons. The van der Waals surface area contributed by atoms with Crippen molar-refractivity contribution in [3.63, 3.8) is 0 Å². The standard InChI is InChI=1S/C49H81N3O18P2/c1-4-6-19-26-38(53)27-21-16-13-14-17-22-28-40(54)41(55)29-24-31-45(57)68-39(34-65-44(56)30-23-18-12-10-8-7-9-11-15-20-25-37(3)5-2)35-66-71(61,62)70-72(63,64)67-36-42-46(58)47(59)48(69-42)52-33-32-43(50)51-49(52)60/h6,13-14,16-17,19,21-22,27-28,32-33,37-42,46-48,53-55,58-59H,4-5,7-12,15,18,20,23-26,29-31,34-36H2,1-3H3,(H,61,62)(H,63,64)(H2,50,51,60)/b16-13+,17-14-,19-6-,27-21+,28-22-/t37?,38-,39+,40+,41+,42+,46+,47+,48+/m0/s1. The summed E-state index contributed by atoms with van der Waals surface area (Å²) in [5.41, 5.74) is 4.55. The Balaban J connectivity index is 1.91. The van der Waals surface area contributed by atoms with E-state index in [1.54, 1.807) is 36.5 Å². The van der Waals surface area contributed by atoms with E-state index in [0.717, 1.165) is 48.8 Å². The predicted molar refractivity (Wildman–Crippen MR) is 270 cm³/mol. The van der Waals surface area contributed by atoms with Gasteiger partial charge in [0.15, 0.2) is 12.3 Å². The number of hydrogen-bond acceptors (Lipinski definition) is 18. The molecule has 2 rings (SSSR count). The Morgan fingerprint density at radius 1 is 0.792 bits per heavy atom. The van der Waals surface area contributed by atoms with Crippen LogP contribution in [0, 0.1) is 5.92 Å². The zero-order chi connectivity index (χ0) is 53.4. The zero-order valence-corrected chi connectivity index (χ0v) is 43.7. The maximum atomic E-state index is 12.9. The summed E-state index contributed by atoms with van der Waals surface area (Å²) in [5, 5.41) is 51.6. The minimum absolute atomic E-state index is 0.0269. The number of phosphoric ester groups is 2. The fraction of sp³-hybridized carbons (Fsp3) is 0.673. The first-order valence-corrected chi connectivity index (χ1v) is 28.0. The molecule has 0 aliphatic carbocycles. The number of nitrogens with two attached hydrogens (primary N) is 1. The van der Waals surface area contributed by atoms with Gasteiger partial charge in [-0.3, -0.25) is 23.2 Å². The van der Waals surface area contributed by atoms with Crippen molar-refractivity contribution in [3.8, 4) is 0 Å². The molecule has 0 aromatic carbocycles. The molecule has 0 bridgehead atoms. The second kappa shape index (κ2) is 36.3. The second-order valence-corrected chi connectivity index (χ2v) is 20.8. The van der Waals surface area contributed by atoms with Crippen LogP contribution in [-0.2, 0) is 46.3 Å². The van der Waals surface area contributed by atoms with E-state index in [-0.39, 0.29) is 31.5 Å². The van der Waals surface area contributed by atoms with E-state index in [1.165, 1.54) is 63.2 Å². The number of phosphoric acid groups is 2. The van der Waals surface area contributed by atoms with Crippen molar-refractivity contribution in [2.45, 2.75) is 185 Å². The number of carbonyl (C=O) groups is 2. The Morgan fingerprint density at radius 3 is 2.03 bits per heavy atom. The quantitative estimate of drug-likeness (QED) is 0.0112. The third-order valence-electron chi connectivity index (χ3n) is 11.5. The van der Waals surface area contributed by atoms with Crippen LogP contribution in [-0.4, -0.2) is 119 Å². The van der Waals surface area contributed by atoms with E-state index in [0.29, 0.717) is 12.8 Å². The summed E-state index contributed by atoms with van der Waals surface area (Å²) in [6.45, 7) is 3.92. The molecule has 2 heterocycles. The third-order valence-corrected chi connectivity index (χ3v) is 14.1. The van der Waals surface area contributed by atoms with Crippen LogP contribution < -0.4 is 11.4 Å². The molecule has 11 atom stereocenters. The summed E-state index contributed by atoms with van der Waals surface area (Å²) >= 11 is 0. The van der Waals surface area contributed by atoms with Gasteiger partial charge < -0.3 is 55.3 Å². The SMILES string of the molecule is CC/C=C\C[C@H](O)/C=C/C=C/C=C\C=C/[C@@H](O)[C@H](O)CCCC(=O)O[C@H](COC(=O)CCCCCCCCCCCCC(C)CC)COP(=O)(O)OP(=O)(O)OC[C@H]1O[C@@H](n2ccc(N)nc2=O)[C@H](O)[C@@H]1O. The largest absolute Gasteiger partial charge is 0.481 e. The maximum absolute atomic E-state index is 12.9. The minimum Gasteiger partial charge on any atom is -0.462 e. The van der Waals surface area contributed by atoms with Crippen LogP contribution in [0.4, 0.5) is 5.82 Å². The molecule has 1 aliphatic rings. The van der Waals surface area contributed by atoms with Gasteiger partial charge in [-0.15, -0.1) is 0 Å². The number of carbonyl (C=O) groups excluding carboxylic acids is 2. The van der Waals surface area contributed by atoms with Gasteiger partial charge >= 0.3 is 33.3 Å². The van der Waals surface area contributed by atoms with Gasteiger partial charge in [-0.1, -0.05) is 152 Å². The van der Waals surface area contributed by atoms with Crippen LogP contribution in [0.2, 0.25) is 0 Å². The van der Waals surface area contributed by atoms with E-state index in [9.17, 15) is 58.8 Å². The van der Waals surface area contributed by atoms with Crippen molar-refractivity contribution in [1.29, 1.82) is 0 Å². The van der Waals surface area contributed by atoms with Crippen LogP contribution in [0.25, 0.3) is 0 Å². The van der Waals surface area contributed by atoms with Gasteiger partial charge in [-0.25, -0.2) is 13.9 Å². The lowest BCUT2D eigenvalue weighted by Crippen LogP contribution is -2.36. The van der Waals surface area contributed by atoms with Gasteiger partial charge in [0, 0.05) is 19.0 Å². The number of aliphatic hydroxyl groups excluding tert-OH is 5. The van der Waals surface area contributed by atoms with Gasteiger partial charge in [0.05, 0.1) is 31.5 Å². The number of rotatable bonds is 39. The Morgan fingerprint density at radius 2 is 1.39 bits per heavy atom. The third kappa shape index (κ3) is 28.7. The monoisotopic (exact) mass is 1060 g/mol. The molecule has 1 saturated heterocycles. The first kappa shape index (κ1) is 64.5. The first-order valence-electron chi connectivity index (χ1n) is 25.0. The summed E-state index contributed by atoms with van der Waals surface area (Å²) in [4.78, 5) is 61.9. The van der Waals surface area contributed by atoms with Crippen molar-refractivity contribution in [2.24, 2.45) is 5.92 Å². The zero-order valence-electron chi connectivity index (χ0n) is 42.0. The lowest BCUT2D eigenvalue weighted by atomic mass is 9.99. The number of ether oxygens (including phenoxy) is 3. The summed E-state index contributed by atoms with van der Waals surface area (Å²) in [7, 11) is -11.0. The van der Waals surface area contributed by atoms with Crippen molar-refractivity contribution in [2.75, 3.05) is 25.6 Å². The highest BCUT2D eigenvalue weighted by atomic mass is 31.3. The molecule has 1 aromatic heterocycles. The minimum atomic E-state index is -5.52. The summed E-state index contributed by atoms with van der Waals surface area (Å²) in [5.74, 6) is -0.872. The number of hydrogen-bond donors (Lipinski definition) is 8. The highest BCUT2D eigenvalue weighted by Crippen LogP contribution is 2.60. The van der Waals surface area contributed by atoms with Gasteiger partial charge in [0.25, 0.3) is 0 Å². The molecule has 3 unspecified atom stereocenters. The summed E-state index contributed by atoms with van der Waals surface area (Å²) in [6, 6.07) is 1.22. The number of unbranched alkanes of at least 4 members (excludes halogenated alkanes) is 9. The van der Waals surface area contributed by atoms with Gasteiger partial charge in [0.2, 0.25) is 0 Å². The highest BCUT2D eigenvalue weighted by molar-refractivity contribution is 7.61. The predicted octanol–water partition coefficient (Wildman–Crippen LogP) is 6.71. The Kier molecular flexibility index (Phi) is 32.5. The summed E-state index contributed by atoms with van der Waals surface area (Å²) in [6.07, 6.45) is 21.0. The highest BCUT2D eigenvalue weighted by Gasteiger charge is 2.46. The lowest BCUT2D eigenvalue weighted by Gasteiger charge is -2.21. The number of nitrogen functional groups attached to an aromatic ring is 1. The molecular formula is C49H81N3O18P2. The molecule has 1 aliphatic heterocycles. The molecule has 1 aromatic rings. The summed E-state index contributed by atoms with van der Waals surface area (Å²) < 4.78 is 56.4. The topological polar surface area (TPSA) is 326 Å². The molecule has 23 heteroatoms. The van der Waals surface area contributed by atoms with Crippen molar-refractivity contribution in [3.05, 3.63) is 83.5 Å². The molecule has 1 fully saturated rings. The first-order chi connectivity index (χ1) is 34.3. The van der Waals surface area contributed by atoms with Gasteiger partial charge in [-0.05, 0) is 44.1 Å². The molecule has 72 heavy (non-hydrogen) atoms. The van der Waals surface area contributed by atoms with Crippen LogP contribution in [0.5, 0.6) is 0 Å². The molecular weight excluding hydrogens is 980 g/mol. The fourth-order valence-electron chi connectivity index (χ4n) is 7.10. The van der Waals surface area contributed by atoms with E-state index in [1.807, 2.05) is 19.1 Å². The number of allylic oxidation sites excluding steroid dienone is 7. The molecule has 0 saturated carbocycles. The number of anilines is 1. The number of aliphatic hydroxyl groups is 5. The molecule has 410 valence electrons. The van der Waals surface area contributed by atoms with Crippen LogP contribution in [0.1, 0.15) is 143 Å². The second-order valence-electron chi connectivity index (χ2n) is 17.8. The number of nitrogens with zero attached hydrogens (tertiary/aromatic N) is 2. The van der Waals surface area contributed by atoms with Crippen molar-refractivity contribution in [1.82, 2.24) is 9.55 Å². The lowest BCUT2D eigenvalue weighted by molar-refractivity contribution is -0.161.